The predicted molar refractivity (Wildman–Crippen MR) is 75.7 cm³/mol. The molecule has 5 heteroatoms. The van der Waals surface area contributed by atoms with Crippen LogP contribution < -0.4 is 10.2 Å². The van der Waals surface area contributed by atoms with Crippen molar-refractivity contribution in [2.24, 2.45) is 0 Å². The number of hydrogen-bond donors (Lipinski definition) is 1. The maximum Gasteiger partial charge on any atom is 0.253 e. The number of alkyl halides is 1. The molecule has 2 rings (SSSR count). The van der Waals surface area contributed by atoms with Crippen LogP contribution in [-0.2, 0) is 4.79 Å². The van der Waals surface area contributed by atoms with Crippen LogP contribution in [-0.4, -0.2) is 30.3 Å². The van der Waals surface area contributed by atoms with Crippen LogP contribution in [0.25, 0.3) is 0 Å². The van der Waals surface area contributed by atoms with E-state index in [0.29, 0.717) is 30.8 Å². The van der Waals surface area contributed by atoms with Crippen molar-refractivity contribution in [3.63, 3.8) is 0 Å². The summed E-state index contributed by atoms with van der Waals surface area (Å²) >= 11 is 6.00. The van der Waals surface area contributed by atoms with Gasteiger partial charge in [-0.05, 0) is 18.6 Å². The van der Waals surface area contributed by atoms with E-state index in [1.165, 1.54) is 0 Å². The molecule has 1 atom stereocenters. The molecule has 1 aliphatic rings. The normalized spacial score (nSPS) is 18.7. The van der Waals surface area contributed by atoms with E-state index in [-0.39, 0.29) is 17.2 Å². The van der Waals surface area contributed by atoms with Crippen LogP contribution in [0.5, 0.6) is 0 Å². The molecule has 4 nitrogen and oxygen atoms in total. The first kappa shape index (κ1) is 13.9. The summed E-state index contributed by atoms with van der Waals surface area (Å²) in [6.45, 7) is 3.08. The Morgan fingerprint density at radius 2 is 2.21 bits per heavy atom. The van der Waals surface area contributed by atoms with Crippen molar-refractivity contribution in [2.45, 2.75) is 25.1 Å². The summed E-state index contributed by atoms with van der Waals surface area (Å²) < 4.78 is 0. The summed E-state index contributed by atoms with van der Waals surface area (Å²) in [5.41, 5.74) is 1.17. The smallest absolute Gasteiger partial charge is 0.253 e. The molecule has 0 aliphatic carbocycles. The fourth-order valence-electron chi connectivity index (χ4n) is 2.13. The second kappa shape index (κ2) is 6.06. The number of halogens is 1. The van der Waals surface area contributed by atoms with Crippen molar-refractivity contribution in [3.8, 4) is 0 Å². The minimum absolute atomic E-state index is 0.0317. The Morgan fingerprint density at radius 3 is 2.84 bits per heavy atom. The number of amides is 2. The number of carbonyl (C=O) groups excluding carboxylic acids is 2. The molecule has 1 N–H and O–H groups in total. The molecule has 0 spiro atoms. The first-order valence-electron chi connectivity index (χ1n) is 6.45. The molecule has 102 valence electrons. The van der Waals surface area contributed by atoms with Crippen molar-refractivity contribution in [1.82, 2.24) is 5.32 Å². The number of nitrogens with zero attached hydrogens (tertiary/aromatic N) is 1. The molecule has 1 aromatic rings. The minimum Gasteiger partial charge on any atom is -0.352 e. The molecule has 0 aromatic heterocycles. The number of anilines is 1. The lowest BCUT2D eigenvalue weighted by atomic mass is 10.1. The Kier molecular flexibility index (Phi) is 4.43. The van der Waals surface area contributed by atoms with E-state index in [1.807, 2.05) is 13.0 Å². The fraction of sp³-hybridized carbons (Fsp3) is 0.429. The number of para-hydroxylation sites is 1. The second-order valence-corrected chi connectivity index (χ2v) is 5.20. The van der Waals surface area contributed by atoms with E-state index >= 15 is 0 Å². The number of hydrogen-bond acceptors (Lipinski definition) is 2. The number of nitrogens with one attached hydrogen (secondary N) is 1. The predicted octanol–water partition coefficient (Wildman–Crippen LogP) is 2.17. The average molecular weight is 281 g/mol. The monoisotopic (exact) mass is 280 g/mol. The summed E-state index contributed by atoms with van der Waals surface area (Å²) in [5.74, 6) is -0.181. The number of benzene rings is 1. The Hall–Kier alpha value is -1.55. The molecule has 1 aliphatic heterocycles. The lowest BCUT2D eigenvalue weighted by Crippen LogP contribution is -2.30. The summed E-state index contributed by atoms with van der Waals surface area (Å²) in [7, 11) is 0. The molecule has 1 heterocycles. The van der Waals surface area contributed by atoms with Gasteiger partial charge in [0.05, 0.1) is 16.6 Å². The molecule has 0 bridgehead atoms. The van der Waals surface area contributed by atoms with Crippen LogP contribution in [0.4, 0.5) is 5.69 Å². The molecule has 1 saturated heterocycles. The van der Waals surface area contributed by atoms with Crippen LogP contribution in [0.2, 0.25) is 0 Å². The molecule has 1 aromatic carbocycles. The van der Waals surface area contributed by atoms with E-state index < -0.39 is 0 Å². The summed E-state index contributed by atoms with van der Waals surface area (Å²) in [4.78, 5) is 25.6. The van der Waals surface area contributed by atoms with E-state index in [4.69, 9.17) is 11.6 Å². The molecular weight excluding hydrogens is 264 g/mol. The third-order valence-corrected chi connectivity index (χ3v) is 3.35. The zero-order valence-corrected chi connectivity index (χ0v) is 11.6. The quantitative estimate of drug-likeness (QED) is 0.860. The molecule has 1 fully saturated rings. The lowest BCUT2D eigenvalue weighted by Gasteiger charge is -2.19. The minimum atomic E-state index is -0.181. The Labute approximate surface area is 117 Å². The summed E-state index contributed by atoms with van der Waals surface area (Å²) in [6, 6.07) is 7.13. The van der Waals surface area contributed by atoms with Crippen molar-refractivity contribution in [1.29, 1.82) is 0 Å². The van der Waals surface area contributed by atoms with Crippen LogP contribution in [0.3, 0.4) is 0 Å². The van der Waals surface area contributed by atoms with Gasteiger partial charge in [0.25, 0.3) is 5.91 Å². The van der Waals surface area contributed by atoms with Gasteiger partial charge in [0.15, 0.2) is 0 Å². The third-order valence-electron chi connectivity index (χ3n) is 3.05. The molecular formula is C14H17ClN2O2. The van der Waals surface area contributed by atoms with Crippen LogP contribution in [0.15, 0.2) is 24.3 Å². The summed E-state index contributed by atoms with van der Waals surface area (Å²) in [6.07, 6.45) is 1.20. The Bertz CT molecular complexity index is 490. The molecule has 1 unspecified atom stereocenters. The van der Waals surface area contributed by atoms with E-state index in [1.54, 1.807) is 23.1 Å². The highest BCUT2D eigenvalue weighted by Gasteiger charge is 2.31. The largest absolute Gasteiger partial charge is 0.352 e. The third kappa shape index (κ3) is 3.07. The van der Waals surface area contributed by atoms with Gasteiger partial charge in [-0.3, -0.25) is 9.59 Å². The van der Waals surface area contributed by atoms with Gasteiger partial charge in [-0.15, -0.1) is 11.6 Å². The van der Waals surface area contributed by atoms with Crippen molar-refractivity contribution in [2.75, 3.05) is 18.0 Å². The van der Waals surface area contributed by atoms with Crippen molar-refractivity contribution >= 4 is 29.1 Å². The van der Waals surface area contributed by atoms with Gasteiger partial charge in [0, 0.05) is 19.5 Å². The molecule has 0 radical (unpaired) electrons. The topological polar surface area (TPSA) is 49.4 Å². The van der Waals surface area contributed by atoms with Gasteiger partial charge in [0.2, 0.25) is 5.91 Å². The number of carbonyl (C=O) groups is 2. The molecule has 2 amide bonds. The average Bonchev–Trinajstić information content (AvgIpc) is 2.75. The standard InChI is InChI=1S/C14H17ClN2O2/c1-2-7-16-14(19)11-5-3-4-6-12(11)17-9-10(15)8-13(17)18/h3-6,10H,2,7-9H2,1H3,(H,16,19). The highest BCUT2D eigenvalue weighted by molar-refractivity contribution is 6.24. The van der Waals surface area contributed by atoms with Crippen LogP contribution in [0, 0.1) is 0 Å². The maximum atomic E-state index is 12.1. The summed E-state index contributed by atoms with van der Waals surface area (Å²) in [5, 5.41) is 2.65. The fourth-order valence-corrected chi connectivity index (χ4v) is 2.40. The van der Waals surface area contributed by atoms with Gasteiger partial charge in [-0.25, -0.2) is 0 Å². The van der Waals surface area contributed by atoms with E-state index in [9.17, 15) is 9.59 Å². The van der Waals surface area contributed by atoms with Gasteiger partial charge in [0.1, 0.15) is 0 Å². The Balaban J connectivity index is 2.26. The van der Waals surface area contributed by atoms with E-state index in [2.05, 4.69) is 5.32 Å². The maximum absolute atomic E-state index is 12.1. The first-order valence-corrected chi connectivity index (χ1v) is 6.88. The zero-order valence-electron chi connectivity index (χ0n) is 10.9. The highest BCUT2D eigenvalue weighted by Crippen LogP contribution is 2.27. The van der Waals surface area contributed by atoms with Gasteiger partial charge in [-0.2, -0.15) is 0 Å². The van der Waals surface area contributed by atoms with Crippen molar-refractivity contribution < 1.29 is 9.59 Å². The lowest BCUT2D eigenvalue weighted by molar-refractivity contribution is -0.117. The molecule has 19 heavy (non-hydrogen) atoms. The second-order valence-electron chi connectivity index (χ2n) is 4.58. The Morgan fingerprint density at radius 1 is 1.47 bits per heavy atom. The van der Waals surface area contributed by atoms with Crippen LogP contribution in [0.1, 0.15) is 30.1 Å². The molecule has 0 saturated carbocycles. The number of rotatable bonds is 4. The van der Waals surface area contributed by atoms with Crippen LogP contribution >= 0.6 is 11.6 Å². The van der Waals surface area contributed by atoms with Crippen molar-refractivity contribution in [3.05, 3.63) is 29.8 Å². The SMILES string of the molecule is CCCNC(=O)c1ccccc1N1CC(Cl)CC1=O. The first-order chi connectivity index (χ1) is 9.13. The zero-order chi connectivity index (χ0) is 13.8. The van der Waals surface area contributed by atoms with Gasteiger partial charge < -0.3 is 10.2 Å². The van der Waals surface area contributed by atoms with E-state index in [0.717, 1.165) is 6.42 Å². The van der Waals surface area contributed by atoms with Gasteiger partial charge in [-0.1, -0.05) is 19.1 Å². The highest BCUT2D eigenvalue weighted by atomic mass is 35.5. The van der Waals surface area contributed by atoms with Gasteiger partial charge >= 0.3 is 0 Å².